The molecule has 7 heteroatoms. The molecule has 1 aromatic rings. The van der Waals surface area contributed by atoms with Crippen molar-refractivity contribution in [3.05, 3.63) is 28.2 Å². The Morgan fingerprint density at radius 3 is 2.70 bits per heavy atom. The molecule has 1 amide bonds. The third-order valence-electron chi connectivity index (χ3n) is 2.89. The summed E-state index contributed by atoms with van der Waals surface area (Å²) in [6.45, 7) is 1.64. The van der Waals surface area contributed by atoms with Crippen LogP contribution in [0.4, 0.5) is 0 Å². The normalized spacial score (nSPS) is 14.2. The van der Waals surface area contributed by atoms with Crippen LogP contribution in [0.1, 0.15) is 12.8 Å². The van der Waals surface area contributed by atoms with Gasteiger partial charge in [0.25, 0.3) is 5.91 Å². The molecule has 0 radical (unpaired) electrons. The quantitative estimate of drug-likeness (QED) is 0.864. The van der Waals surface area contributed by atoms with Crippen LogP contribution in [0.5, 0.6) is 5.75 Å². The molecule has 0 saturated carbocycles. The van der Waals surface area contributed by atoms with E-state index in [2.05, 4.69) is 5.32 Å². The first kappa shape index (κ1) is 15.4. The Labute approximate surface area is 133 Å². The molecule has 20 heavy (non-hydrogen) atoms. The molecule has 1 saturated heterocycles. The Morgan fingerprint density at radius 1 is 1.35 bits per heavy atom. The van der Waals surface area contributed by atoms with Crippen molar-refractivity contribution >= 4 is 46.4 Å². The maximum atomic E-state index is 11.7. The average molecular weight is 333 g/mol. The second-order valence-corrected chi connectivity index (χ2v) is 5.64. The maximum Gasteiger partial charge on any atom is 0.264 e. The van der Waals surface area contributed by atoms with Crippen LogP contribution in [0.2, 0.25) is 10.0 Å². The lowest BCUT2D eigenvalue weighted by Crippen LogP contribution is -2.42. The Bertz CT molecular complexity index is 519. The molecule has 1 heterocycles. The molecule has 0 aromatic heterocycles. The van der Waals surface area contributed by atoms with Gasteiger partial charge in [0.2, 0.25) is 0 Å². The predicted molar refractivity (Wildman–Crippen MR) is 83.5 cm³/mol. The fourth-order valence-corrected chi connectivity index (χ4v) is 2.65. The number of amides is 1. The SMILES string of the molecule is O=C(COc1ccc(Cl)cc1Cl)NC(=S)N1CCCC1. The van der Waals surface area contributed by atoms with Gasteiger partial charge in [-0.05, 0) is 43.3 Å². The van der Waals surface area contributed by atoms with Crippen LogP contribution in [0, 0.1) is 0 Å². The molecule has 4 nitrogen and oxygen atoms in total. The summed E-state index contributed by atoms with van der Waals surface area (Å²) >= 11 is 16.9. The summed E-state index contributed by atoms with van der Waals surface area (Å²) in [5, 5.41) is 3.99. The summed E-state index contributed by atoms with van der Waals surface area (Å²) < 4.78 is 5.34. The van der Waals surface area contributed by atoms with E-state index in [1.807, 2.05) is 4.90 Å². The Kier molecular flexibility index (Phi) is 5.46. The fourth-order valence-electron chi connectivity index (χ4n) is 1.89. The van der Waals surface area contributed by atoms with Gasteiger partial charge >= 0.3 is 0 Å². The van der Waals surface area contributed by atoms with Crippen LogP contribution < -0.4 is 10.1 Å². The van der Waals surface area contributed by atoms with E-state index in [4.69, 9.17) is 40.2 Å². The Hall–Kier alpha value is -1.04. The number of benzene rings is 1. The molecule has 0 bridgehead atoms. The molecule has 0 atom stereocenters. The summed E-state index contributed by atoms with van der Waals surface area (Å²) in [7, 11) is 0. The van der Waals surface area contributed by atoms with E-state index in [1.165, 1.54) is 0 Å². The minimum absolute atomic E-state index is 0.144. The lowest BCUT2D eigenvalue weighted by molar-refractivity contribution is -0.121. The first-order chi connectivity index (χ1) is 9.56. The molecule has 0 spiro atoms. The number of halogens is 2. The number of likely N-dealkylation sites (tertiary alicyclic amines) is 1. The molecule has 1 aromatic carbocycles. The number of thiocarbonyl (C=S) groups is 1. The van der Waals surface area contributed by atoms with Gasteiger partial charge in [-0.25, -0.2) is 0 Å². The van der Waals surface area contributed by atoms with E-state index in [0.717, 1.165) is 25.9 Å². The average Bonchev–Trinajstić information content (AvgIpc) is 2.91. The fraction of sp³-hybridized carbons (Fsp3) is 0.385. The zero-order valence-corrected chi connectivity index (χ0v) is 13.0. The van der Waals surface area contributed by atoms with Gasteiger partial charge in [0.15, 0.2) is 11.7 Å². The summed E-state index contributed by atoms with van der Waals surface area (Å²) in [5.74, 6) is 0.117. The van der Waals surface area contributed by atoms with Crippen molar-refractivity contribution in [2.24, 2.45) is 0 Å². The van der Waals surface area contributed by atoms with Crippen molar-refractivity contribution in [2.75, 3.05) is 19.7 Å². The van der Waals surface area contributed by atoms with E-state index >= 15 is 0 Å². The Morgan fingerprint density at radius 2 is 2.05 bits per heavy atom. The van der Waals surface area contributed by atoms with E-state index in [1.54, 1.807) is 18.2 Å². The molecule has 1 aliphatic rings. The van der Waals surface area contributed by atoms with Gasteiger partial charge in [0, 0.05) is 18.1 Å². The van der Waals surface area contributed by atoms with Gasteiger partial charge in [-0.15, -0.1) is 0 Å². The molecule has 1 N–H and O–H groups in total. The first-order valence-corrected chi connectivity index (χ1v) is 7.39. The highest BCUT2D eigenvalue weighted by molar-refractivity contribution is 7.80. The largest absolute Gasteiger partial charge is 0.482 e. The zero-order chi connectivity index (χ0) is 14.5. The van der Waals surface area contributed by atoms with E-state index in [-0.39, 0.29) is 12.5 Å². The van der Waals surface area contributed by atoms with Gasteiger partial charge in [-0.3, -0.25) is 4.79 Å². The highest BCUT2D eigenvalue weighted by Crippen LogP contribution is 2.27. The second-order valence-electron chi connectivity index (χ2n) is 4.41. The monoisotopic (exact) mass is 332 g/mol. The molecular weight excluding hydrogens is 319 g/mol. The summed E-state index contributed by atoms with van der Waals surface area (Å²) in [4.78, 5) is 13.7. The van der Waals surface area contributed by atoms with Crippen LogP contribution in [0.25, 0.3) is 0 Å². The van der Waals surface area contributed by atoms with Crippen molar-refractivity contribution in [3.63, 3.8) is 0 Å². The van der Waals surface area contributed by atoms with Gasteiger partial charge in [0.05, 0.1) is 5.02 Å². The van der Waals surface area contributed by atoms with Gasteiger partial charge in [0.1, 0.15) is 5.75 Å². The van der Waals surface area contributed by atoms with Gasteiger partial charge in [-0.2, -0.15) is 0 Å². The number of carbonyl (C=O) groups is 1. The summed E-state index contributed by atoms with van der Waals surface area (Å²) in [6.07, 6.45) is 2.21. The van der Waals surface area contributed by atoms with Crippen molar-refractivity contribution in [2.45, 2.75) is 12.8 Å². The summed E-state index contributed by atoms with van der Waals surface area (Å²) in [5.41, 5.74) is 0. The van der Waals surface area contributed by atoms with Crippen molar-refractivity contribution in [1.82, 2.24) is 10.2 Å². The number of hydrogen-bond donors (Lipinski definition) is 1. The van der Waals surface area contributed by atoms with Crippen LogP contribution in [0.3, 0.4) is 0 Å². The number of nitrogens with zero attached hydrogens (tertiary/aromatic N) is 1. The van der Waals surface area contributed by atoms with E-state index in [9.17, 15) is 4.79 Å². The van der Waals surface area contributed by atoms with E-state index in [0.29, 0.717) is 20.9 Å². The number of ether oxygens (including phenoxy) is 1. The van der Waals surface area contributed by atoms with Crippen LogP contribution in [0.15, 0.2) is 18.2 Å². The molecule has 1 aliphatic heterocycles. The number of carbonyl (C=O) groups excluding carboxylic acids is 1. The first-order valence-electron chi connectivity index (χ1n) is 6.23. The smallest absolute Gasteiger partial charge is 0.264 e. The van der Waals surface area contributed by atoms with Crippen molar-refractivity contribution < 1.29 is 9.53 Å². The third-order valence-corrected chi connectivity index (χ3v) is 3.78. The van der Waals surface area contributed by atoms with Gasteiger partial charge in [-0.1, -0.05) is 23.2 Å². The molecule has 0 unspecified atom stereocenters. The van der Waals surface area contributed by atoms with Crippen LogP contribution in [-0.2, 0) is 4.79 Å². The third kappa shape index (κ3) is 4.23. The number of nitrogens with one attached hydrogen (secondary N) is 1. The highest BCUT2D eigenvalue weighted by Gasteiger charge is 2.16. The zero-order valence-electron chi connectivity index (χ0n) is 10.7. The standard InChI is InChI=1S/C13H14Cl2N2O2S/c14-9-3-4-11(10(15)7-9)19-8-12(18)16-13(20)17-5-1-2-6-17/h3-4,7H,1-2,5-6,8H2,(H,16,18,20). The number of hydrogen-bond acceptors (Lipinski definition) is 3. The molecular formula is C13H14Cl2N2O2S. The number of rotatable bonds is 3. The van der Waals surface area contributed by atoms with E-state index < -0.39 is 0 Å². The minimum Gasteiger partial charge on any atom is -0.482 e. The lowest BCUT2D eigenvalue weighted by Gasteiger charge is -2.18. The van der Waals surface area contributed by atoms with Gasteiger partial charge < -0.3 is 15.0 Å². The maximum absolute atomic E-state index is 11.7. The van der Waals surface area contributed by atoms with Crippen molar-refractivity contribution in [1.29, 1.82) is 0 Å². The van der Waals surface area contributed by atoms with Crippen LogP contribution in [-0.4, -0.2) is 35.6 Å². The van der Waals surface area contributed by atoms with Crippen molar-refractivity contribution in [3.8, 4) is 5.75 Å². The van der Waals surface area contributed by atoms with Crippen LogP contribution >= 0.6 is 35.4 Å². The topological polar surface area (TPSA) is 41.6 Å². The predicted octanol–water partition coefficient (Wildman–Crippen LogP) is 2.87. The molecule has 2 rings (SSSR count). The lowest BCUT2D eigenvalue weighted by atomic mass is 10.3. The Balaban J connectivity index is 1.81. The highest BCUT2D eigenvalue weighted by atomic mass is 35.5. The molecule has 0 aliphatic carbocycles. The minimum atomic E-state index is -0.298. The summed E-state index contributed by atoms with van der Waals surface area (Å²) in [6, 6.07) is 4.83. The second kappa shape index (κ2) is 7.11. The molecule has 108 valence electrons. The molecule has 1 fully saturated rings.